The van der Waals surface area contributed by atoms with Crippen LogP contribution in [0.4, 0.5) is 0 Å². The zero-order valence-corrected chi connectivity index (χ0v) is 10.7. The number of amides is 1. The standard InChI is InChI=1S/C13H19N3O3/c14-15-13(18)11-3-1-2-4-12(11)19-8-7-16-6-5-10(17)9-16/h1-4,10,17H,5-9,14H2,(H,15,18). The van der Waals surface area contributed by atoms with Gasteiger partial charge in [0.15, 0.2) is 0 Å². The summed E-state index contributed by atoms with van der Waals surface area (Å²) in [6.07, 6.45) is 0.585. The minimum Gasteiger partial charge on any atom is -0.491 e. The Hall–Kier alpha value is -1.63. The first kappa shape index (κ1) is 13.8. The lowest BCUT2D eigenvalue weighted by Crippen LogP contribution is -2.31. The Labute approximate surface area is 112 Å². The number of nitrogens with two attached hydrogens (primary N) is 1. The van der Waals surface area contributed by atoms with Crippen LogP contribution in [0.2, 0.25) is 0 Å². The van der Waals surface area contributed by atoms with E-state index in [1.165, 1.54) is 0 Å². The minimum absolute atomic E-state index is 0.227. The van der Waals surface area contributed by atoms with Crippen molar-refractivity contribution >= 4 is 5.91 Å². The van der Waals surface area contributed by atoms with Gasteiger partial charge < -0.3 is 9.84 Å². The SMILES string of the molecule is NNC(=O)c1ccccc1OCCN1CCC(O)C1. The molecule has 1 heterocycles. The Bertz CT molecular complexity index is 439. The smallest absolute Gasteiger partial charge is 0.268 e. The third-order valence-corrected chi connectivity index (χ3v) is 3.18. The Balaban J connectivity index is 1.87. The van der Waals surface area contributed by atoms with Crippen LogP contribution in [-0.2, 0) is 0 Å². The number of hydrogen-bond donors (Lipinski definition) is 3. The van der Waals surface area contributed by atoms with Gasteiger partial charge in [-0.1, -0.05) is 12.1 Å². The molecule has 19 heavy (non-hydrogen) atoms. The number of likely N-dealkylation sites (tertiary alicyclic amines) is 1. The van der Waals surface area contributed by atoms with Gasteiger partial charge in [0.2, 0.25) is 0 Å². The number of nitrogens with zero attached hydrogens (tertiary/aromatic N) is 1. The molecule has 0 spiro atoms. The number of rotatable bonds is 5. The fourth-order valence-corrected chi connectivity index (χ4v) is 2.16. The average molecular weight is 265 g/mol. The molecule has 1 aromatic rings. The van der Waals surface area contributed by atoms with Gasteiger partial charge in [0.05, 0.1) is 11.7 Å². The number of nitrogen functional groups attached to an aromatic ring is 1. The van der Waals surface area contributed by atoms with Gasteiger partial charge >= 0.3 is 0 Å². The topological polar surface area (TPSA) is 87.8 Å². The van der Waals surface area contributed by atoms with Crippen molar-refractivity contribution in [3.05, 3.63) is 29.8 Å². The summed E-state index contributed by atoms with van der Waals surface area (Å²) in [5, 5.41) is 9.42. The molecule has 0 aromatic heterocycles. The molecule has 1 aromatic carbocycles. The lowest BCUT2D eigenvalue weighted by Gasteiger charge is -2.16. The molecule has 0 saturated carbocycles. The van der Waals surface area contributed by atoms with E-state index in [1.54, 1.807) is 18.2 Å². The maximum absolute atomic E-state index is 11.5. The van der Waals surface area contributed by atoms with Crippen LogP contribution >= 0.6 is 0 Å². The highest BCUT2D eigenvalue weighted by molar-refractivity contribution is 5.96. The van der Waals surface area contributed by atoms with Crippen molar-refractivity contribution in [2.75, 3.05) is 26.2 Å². The molecule has 1 aliphatic heterocycles. The van der Waals surface area contributed by atoms with E-state index >= 15 is 0 Å². The maximum atomic E-state index is 11.5. The molecule has 0 bridgehead atoms. The maximum Gasteiger partial charge on any atom is 0.268 e. The quantitative estimate of drug-likeness (QED) is 0.388. The predicted octanol–water partition coefficient (Wildman–Crippen LogP) is -0.265. The second-order valence-electron chi connectivity index (χ2n) is 4.56. The third-order valence-electron chi connectivity index (χ3n) is 3.18. The van der Waals surface area contributed by atoms with Gasteiger partial charge in [-0.05, 0) is 18.6 Å². The molecule has 1 fully saturated rings. The highest BCUT2D eigenvalue weighted by Gasteiger charge is 2.19. The second kappa shape index (κ2) is 6.51. The highest BCUT2D eigenvalue weighted by Crippen LogP contribution is 2.17. The van der Waals surface area contributed by atoms with E-state index < -0.39 is 0 Å². The first-order chi connectivity index (χ1) is 9.20. The van der Waals surface area contributed by atoms with E-state index in [-0.39, 0.29) is 12.0 Å². The van der Waals surface area contributed by atoms with Gasteiger partial charge in [0.25, 0.3) is 5.91 Å². The molecule has 104 valence electrons. The molecule has 6 nitrogen and oxygen atoms in total. The summed E-state index contributed by atoms with van der Waals surface area (Å²) >= 11 is 0. The number of carbonyl (C=O) groups excluding carboxylic acids is 1. The molecule has 1 unspecified atom stereocenters. The number of benzene rings is 1. The van der Waals surface area contributed by atoms with Crippen molar-refractivity contribution in [2.24, 2.45) is 5.84 Å². The minimum atomic E-state index is -0.368. The number of aliphatic hydroxyl groups is 1. The lowest BCUT2D eigenvalue weighted by atomic mass is 10.2. The van der Waals surface area contributed by atoms with E-state index in [1.807, 2.05) is 6.07 Å². The lowest BCUT2D eigenvalue weighted by molar-refractivity contribution is 0.0949. The number of para-hydroxylation sites is 1. The molecule has 1 amide bonds. The first-order valence-electron chi connectivity index (χ1n) is 6.34. The van der Waals surface area contributed by atoms with Gasteiger partial charge in [0, 0.05) is 19.6 Å². The van der Waals surface area contributed by atoms with Gasteiger partial charge in [-0.2, -0.15) is 0 Å². The van der Waals surface area contributed by atoms with Crippen LogP contribution in [0.3, 0.4) is 0 Å². The Kier molecular flexibility index (Phi) is 4.73. The number of carbonyl (C=O) groups is 1. The largest absolute Gasteiger partial charge is 0.491 e. The van der Waals surface area contributed by atoms with Gasteiger partial charge in [-0.3, -0.25) is 15.1 Å². The number of aliphatic hydroxyl groups excluding tert-OH is 1. The molecular formula is C13H19N3O3. The number of hydrazine groups is 1. The van der Waals surface area contributed by atoms with Crippen molar-refractivity contribution < 1.29 is 14.6 Å². The van der Waals surface area contributed by atoms with E-state index in [4.69, 9.17) is 10.6 Å². The fraction of sp³-hybridized carbons (Fsp3) is 0.462. The van der Waals surface area contributed by atoms with Crippen molar-refractivity contribution in [1.29, 1.82) is 0 Å². The summed E-state index contributed by atoms with van der Waals surface area (Å²) in [5.41, 5.74) is 2.52. The van der Waals surface area contributed by atoms with Crippen molar-refractivity contribution in [1.82, 2.24) is 10.3 Å². The molecule has 1 aliphatic rings. The molecule has 1 saturated heterocycles. The van der Waals surface area contributed by atoms with E-state index in [0.717, 1.165) is 19.5 Å². The van der Waals surface area contributed by atoms with Crippen LogP contribution in [0.5, 0.6) is 5.75 Å². The average Bonchev–Trinajstić information content (AvgIpc) is 2.84. The summed E-state index contributed by atoms with van der Waals surface area (Å²) in [4.78, 5) is 13.7. The number of nitrogens with one attached hydrogen (secondary N) is 1. The fourth-order valence-electron chi connectivity index (χ4n) is 2.16. The van der Waals surface area contributed by atoms with E-state index in [2.05, 4.69) is 10.3 Å². The molecular weight excluding hydrogens is 246 g/mol. The van der Waals surface area contributed by atoms with Crippen LogP contribution in [0.1, 0.15) is 16.8 Å². The molecule has 6 heteroatoms. The number of β-amino-alcohol motifs (C(OH)–C–C–N with tert-alkyl or cyclic N) is 1. The molecule has 4 N–H and O–H groups in total. The van der Waals surface area contributed by atoms with Crippen molar-refractivity contribution in [3.63, 3.8) is 0 Å². The van der Waals surface area contributed by atoms with Crippen LogP contribution < -0.4 is 16.0 Å². The van der Waals surface area contributed by atoms with Gasteiger partial charge in [-0.15, -0.1) is 0 Å². The zero-order valence-electron chi connectivity index (χ0n) is 10.7. The van der Waals surface area contributed by atoms with Crippen LogP contribution in [-0.4, -0.2) is 48.3 Å². The summed E-state index contributed by atoms with van der Waals surface area (Å²) in [6.45, 7) is 2.78. The normalized spacial score (nSPS) is 19.4. The summed E-state index contributed by atoms with van der Waals surface area (Å²) < 4.78 is 5.62. The van der Waals surface area contributed by atoms with E-state index in [9.17, 15) is 9.90 Å². The first-order valence-corrected chi connectivity index (χ1v) is 6.34. The molecule has 1 atom stereocenters. The molecule has 0 aliphatic carbocycles. The van der Waals surface area contributed by atoms with Crippen LogP contribution in [0.15, 0.2) is 24.3 Å². The summed E-state index contributed by atoms with van der Waals surface area (Å²) in [5.74, 6) is 5.28. The van der Waals surface area contributed by atoms with E-state index in [0.29, 0.717) is 24.5 Å². The highest BCUT2D eigenvalue weighted by atomic mass is 16.5. The van der Waals surface area contributed by atoms with Crippen LogP contribution in [0, 0.1) is 0 Å². The summed E-state index contributed by atoms with van der Waals surface area (Å²) in [7, 11) is 0. The number of ether oxygens (including phenoxy) is 1. The summed E-state index contributed by atoms with van der Waals surface area (Å²) in [6, 6.07) is 6.97. The third kappa shape index (κ3) is 3.66. The van der Waals surface area contributed by atoms with Gasteiger partial charge in [0.1, 0.15) is 12.4 Å². The second-order valence-corrected chi connectivity index (χ2v) is 4.56. The van der Waals surface area contributed by atoms with Crippen molar-refractivity contribution in [3.8, 4) is 5.75 Å². The predicted molar refractivity (Wildman–Crippen MR) is 70.7 cm³/mol. The molecule has 0 radical (unpaired) electrons. The Morgan fingerprint density at radius 2 is 2.32 bits per heavy atom. The molecule has 2 rings (SSSR count). The van der Waals surface area contributed by atoms with Crippen LogP contribution in [0.25, 0.3) is 0 Å². The monoisotopic (exact) mass is 265 g/mol. The Morgan fingerprint density at radius 3 is 3.00 bits per heavy atom. The number of hydrogen-bond acceptors (Lipinski definition) is 5. The Morgan fingerprint density at radius 1 is 1.53 bits per heavy atom. The van der Waals surface area contributed by atoms with Crippen molar-refractivity contribution in [2.45, 2.75) is 12.5 Å². The zero-order chi connectivity index (χ0) is 13.7. The van der Waals surface area contributed by atoms with Gasteiger partial charge in [-0.25, -0.2) is 5.84 Å².